The molecule has 0 spiro atoms. The second kappa shape index (κ2) is 12.8. The van der Waals surface area contributed by atoms with Crippen LogP contribution in [0.2, 0.25) is 10.0 Å². The first-order valence-corrected chi connectivity index (χ1v) is 15.0. The van der Waals surface area contributed by atoms with Crippen LogP contribution in [0.3, 0.4) is 0 Å². The number of nitrogens with zero attached hydrogens (tertiary/aromatic N) is 1. The molecule has 202 valence electrons. The lowest BCUT2D eigenvalue weighted by atomic mass is 10.2. The van der Waals surface area contributed by atoms with Crippen molar-refractivity contribution >= 4 is 62.3 Å². The molecule has 39 heavy (non-hydrogen) atoms. The highest BCUT2D eigenvalue weighted by Crippen LogP contribution is 2.35. The number of thioether (sulfide) groups is 1. The molecule has 4 aromatic rings. The summed E-state index contributed by atoms with van der Waals surface area (Å²) in [6.45, 7) is 1.37. The van der Waals surface area contributed by atoms with Crippen LogP contribution in [0.5, 0.6) is 5.75 Å². The Bertz CT molecular complexity index is 1560. The maximum Gasteiger partial charge on any atom is 0.264 e. The lowest BCUT2D eigenvalue weighted by molar-refractivity contribution is -0.114. The van der Waals surface area contributed by atoms with Gasteiger partial charge in [0.1, 0.15) is 12.3 Å². The molecule has 0 heterocycles. The number of carbonyl (C=O) groups excluding carboxylic acids is 1. The summed E-state index contributed by atoms with van der Waals surface area (Å²) in [6, 6.07) is 26.0. The predicted molar refractivity (Wildman–Crippen MR) is 160 cm³/mol. The number of para-hydroxylation sites is 1. The number of benzene rings is 4. The lowest BCUT2D eigenvalue weighted by Crippen LogP contribution is -2.38. The average Bonchev–Trinajstić information content (AvgIpc) is 2.92. The normalized spacial score (nSPS) is 11.2. The summed E-state index contributed by atoms with van der Waals surface area (Å²) in [5.41, 5.74) is 2.72. The summed E-state index contributed by atoms with van der Waals surface area (Å²) in [4.78, 5) is 14.2. The average molecular weight is 602 g/mol. The fraction of sp³-hybridized carbons (Fsp3) is 0.138. The molecular formula is C29H26Cl2N2O4S2. The molecule has 0 aromatic heterocycles. The zero-order valence-corrected chi connectivity index (χ0v) is 24.4. The molecular weight excluding hydrogens is 575 g/mol. The first-order chi connectivity index (χ1) is 18.7. The molecule has 6 nitrogen and oxygen atoms in total. The van der Waals surface area contributed by atoms with Crippen LogP contribution in [0.1, 0.15) is 11.1 Å². The number of ether oxygens (including phenoxy) is 1. The van der Waals surface area contributed by atoms with Crippen molar-refractivity contribution in [3.63, 3.8) is 0 Å². The number of hydrogen-bond acceptors (Lipinski definition) is 5. The van der Waals surface area contributed by atoms with E-state index in [1.54, 1.807) is 42.1 Å². The summed E-state index contributed by atoms with van der Waals surface area (Å²) in [6.07, 6.45) is 0. The second-order valence-corrected chi connectivity index (χ2v) is 12.4. The molecule has 0 aliphatic heterocycles. The van der Waals surface area contributed by atoms with E-state index in [1.165, 1.54) is 25.3 Å². The molecule has 0 fully saturated rings. The van der Waals surface area contributed by atoms with Crippen LogP contribution < -0.4 is 14.4 Å². The Morgan fingerprint density at radius 2 is 1.59 bits per heavy atom. The molecule has 1 N–H and O–H groups in total. The Morgan fingerprint density at radius 1 is 0.923 bits per heavy atom. The van der Waals surface area contributed by atoms with E-state index in [0.717, 1.165) is 20.3 Å². The standard InChI is InChI=1S/C29H26Cl2N2O4S2/c1-20-7-14-24(15-8-20)39(35,36)33(26-17-23(31)13-16-27(26)37-2)18-29(34)32-25-5-3-4-6-28(25)38-19-21-9-11-22(30)12-10-21/h3-17H,18-19H2,1-2H3,(H,32,34). The van der Waals surface area contributed by atoms with Gasteiger partial charge in [-0.05, 0) is 67.1 Å². The number of sulfonamides is 1. The largest absolute Gasteiger partial charge is 0.495 e. The van der Waals surface area contributed by atoms with Gasteiger partial charge >= 0.3 is 0 Å². The third kappa shape index (κ3) is 7.28. The first-order valence-electron chi connectivity index (χ1n) is 11.9. The molecule has 4 rings (SSSR count). The summed E-state index contributed by atoms with van der Waals surface area (Å²) in [7, 11) is -2.72. The SMILES string of the molecule is COc1ccc(Cl)cc1N(CC(=O)Nc1ccccc1SCc1ccc(Cl)cc1)S(=O)(=O)c1ccc(C)cc1. The van der Waals surface area contributed by atoms with E-state index in [9.17, 15) is 13.2 Å². The number of nitrogens with one attached hydrogen (secondary N) is 1. The van der Waals surface area contributed by atoms with Crippen LogP contribution >= 0.6 is 35.0 Å². The number of carbonyl (C=O) groups is 1. The van der Waals surface area contributed by atoms with E-state index in [4.69, 9.17) is 27.9 Å². The smallest absolute Gasteiger partial charge is 0.264 e. The van der Waals surface area contributed by atoms with Crippen molar-refractivity contribution in [3.05, 3.63) is 112 Å². The first kappa shape index (κ1) is 28.8. The summed E-state index contributed by atoms with van der Waals surface area (Å²) in [5.74, 6) is 0.409. The van der Waals surface area contributed by atoms with Gasteiger partial charge in [0.25, 0.3) is 10.0 Å². The van der Waals surface area contributed by atoms with Crippen LogP contribution in [0, 0.1) is 6.92 Å². The molecule has 0 radical (unpaired) electrons. The van der Waals surface area contributed by atoms with Crippen molar-refractivity contribution in [1.29, 1.82) is 0 Å². The molecule has 0 atom stereocenters. The van der Waals surface area contributed by atoms with E-state index in [1.807, 2.05) is 49.4 Å². The Labute approximate surface area is 243 Å². The zero-order valence-electron chi connectivity index (χ0n) is 21.2. The highest BCUT2D eigenvalue weighted by Gasteiger charge is 2.30. The van der Waals surface area contributed by atoms with Gasteiger partial charge in [-0.15, -0.1) is 11.8 Å². The Kier molecular flexibility index (Phi) is 9.45. The number of anilines is 2. The van der Waals surface area contributed by atoms with E-state index >= 15 is 0 Å². The number of halogens is 2. The molecule has 0 bridgehead atoms. The Balaban J connectivity index is 1.62. The highest BCUT2D eigenvalue weighted by molar-refractivity contribution is 7.98. The van der Waals surface area contributed by atoms with E-state index < -0.39 is 22.5 Å². The van der Waals surface area contributed by atoms with Crippen LogP contribution in [0.4, 0.5) is 11.4 Å². The Hall–Kier alpha value is -3.17. The summed E-state index contributed by atoms with van der Waals surface area (Å²) in [5, 5.41) is 3.85. The van der Waals surface area contributed by atoms with E-state index in [-0.39, 0.29) is 16.3 Å². The van der Waals surface area contributed by atoms with E-state index in [2.05, 4.69) is 5.32 Å². The molecule has 0 aliphatic rings. The number of amides is 1. The number of aryl methyl sites for hydroxylation is 1. The monoisotopic (exact) mass is 600 g/mol. The van der Waals surface area contributed by atoms with Gasteiger partial charge in [0, 0.05) is 20.7 Å². The van der Waals surface area contributed by atoms with Crippen LogP contribution in [-0.4, -0.2) is 28.0 Å². The third-order valence-corrected chi connectivity index (χ3v) is 9.18. The lowest BCUT2D eigenvalue weighted by Gasteiger charge is -2.26. The van der Waals surface area contributed by atoms with Gasteiger partial charge in [0.2, 0.25) is 5.91 Å². The fourth-order valence-corrected chi connectivity index (χ4v) is 6.43. The third-order valence-electron chi connectivity index (χ3n) is 5.77. The van der Waals surface area contributed by atoms with Crippen molar-refractivity contribution in [2.75, 3.05) is 23.3 Å². The highest BCUT2D eigenvalue weighted by atomic mass is 35.5. The molecule has 0 saturated carbocycles. The van der Waals surface area contributed by atoms with Gasteiger partial charge in [-0.2, -0.15) is 0 Å². The van der Waals surface area contributed by atoms with E-state index in [0.29, 0.717) is 21.5 Å². The molecule has 1 amide bonds. The summed E-state index contributed by atoms with van der Waals surface area (Å²) >= 11 is 13.8. The van der Waals surface area contributed by atoms with Crippen molar-refractivity contribution in [2.24, 2.45) is 0 Å². The zero-order chi connectivity index (χ0) is 28.0. The molecule has 0 aliphatic carbocycles. The second-order valence-electron chi connectivity index (χ2n) is 8.60. The van der Waals surface area contributed by atoms with Crippen LogP contribution in [0.15, 0.2) is 101 Å². The minimum absolute atomic E-state index is 0.0434. The molecule has 0 saturated heterocycles. The number of hydrogen-bond donors (Lipinski definition) is 1. The molecule has 4 aromatic carbocycles. The maximum atomic E-state index is 13.8. The fourth-order valence-electron chi connectivity index (χ4n) is 3.75. The van der Waals surface area contributed by atoms with Gasteiger partial charge in [0.15, 0.2) is 0 Å². The number of methoxy groups -OCH3 is 1. The Morgan fingerprint density at radius 3 is 2.28 bits per heavy atom. The van der Waals surface area contributed by atoms with Crippen molar-refractivity contribution in [1.82, 2.24) is 0 Å². The minimum atomic E-state index is -4.15. The minimum Gasteiger partial charge on any atom is -0.495 e. The van der Waals surface area contributed by atoms with Crippen molar-refractivity contribution < 1.29 is 17.9 Å². The summed E-state index contributed by atoms with van der Waals surface area (Å²) < 4.78 is 34.0. The maximum absolute atomic E-state index is 13.8. The number of rotatable bonds is 10. The van der Waals surface area contributed by atoms with Crippen LogP contribution in [0.25, 0.3) is 0 Å². The van der Waals surface area contributed by atoms with Gasteiger partial charge in [0.05, 0.1) is 23.4 Å². The molecule has 10 heteroatoms. The van der Waals surface area contributed by atoms with Gasteiger partial charge in [-0.3, -0.25) is 9.10 Å². The van der Waals surface area contributed by atoms with Gasteiger partial charge in [-0.25, -0.2) is 8.42 Å². The quantitative estimate of drug-likeness (QED) is 0.191. The van der Waals surface area contributed by atoms with Crippen LogP contribution in [-0.2, 0) is 20.6 Å². The molecule has 0 unspecified atom stereocenters. The van der Waals surface area contributed by atoms with Crippen molar-refractivity contribution in [3.8, 4) is 5.75 Å². The topological polar surface area (TPSA) is 75.7 Å². The van der Waals surface area contributed by atoms with Crippen molar-refractivity contribution in [2.45, 2.75) is 22.5 Å². The van der Waals surface area contributed by atoms with Gasteiger partial charge in [-0.1, -0.05) is 65.2 Å². The predicted octanol–water partition coefficient (Wildman–Crippen LogP) is 7.44. The van der Waals surface area contributed by atoms with Gasteiger partial charge < -0.3 is 10.1 Å².